The predicted molar refractivity (Wildman–Crippen MR) is 17.1 cm³/mol. The van der Waals surface area contributed by atoms with Gasteiger partial charge in [-0.3, -0.25) is 0 Å². The highest BCUT2D eigenvalue weighted by molar-refractivity contribution is 5.75. The topological polar surface area (TPSA) is 0 Å². The molecule has 0 fully saturated rings. The molecule has 0 radical (unpaired) electrons. The van der Waals surface area contributed by atoms with E-state index in [-0.39, 0.29) is 8.41 Å². The van der Waals surface area contributed by atoms with E-state index in [1.165, 1.54) is 0 Å². The van der Waals surface area contributed by atoms with Gasteiger partial charge in [-0.15, -0.1) is 0 Å². The molecule has 0 bridgehead atoms. The maximum absolute atomic E-state index is 9.67. The Kier molecular flexibility index (Phi) is 6.82. The van der Waals surface area contributed by atoms with Crippen LogP contribution in [-0.4, -0.2) is 15.1 Å². The van der Waals surface area contributed by atoms with Crippen LogP contribution in [0.25, 0.3) is 0 Å². The van der Waals surface area contributed by atoms with Crippen LogP contribution in [0, 0.1) is 0 Å². The Hall–Kier alpha value is -0.145. The zero-order valence-corrected chi connectivity index (χ0v) is 1.71. The summed E-state index contributed by atoms with van der Waals surface area (Å²) in [6.45, 7) is -3.67. The van der Waals surface area contributed by atoms with Gasteiger partial charge in [0.15, 0.2) is 0 Å². The highest BCUT2D eigenvalue weighted by atomic mass is 19.4. The molecule has 0 heterocycles. The first-order valence-electron chi connectivity index (χ1n) is 0.655. The molecule has 0 spiro atoms. The molecule has 0 nitrogen and oxygen atoms in total. The van der Waals surface area contributed by atoms with Gasteiger partial charge in [0.2, 0.25) is 0 Å². The fourth-order valence-corrected chi connectivity index (χ4v) is 0. The van der Waals surface area contributed by atoms with Gasteiger partial charge < -0.3 is 0 Å². The summed E-state index contributed by atoms with van der Waals surface area (Å²) in [6, 6.07) is 0. The lowest BCUT2D eigenvalue weighted by Gasteiger charge is -1.65. The average Bonchev–Trinajstić information content (AvgIpc) is 0.811. The smallest absolute Gasteiger partial charge is 0.174 e. The predicted octanol–water partition coefficient (Wildman–Crippen LogP) is -0.00540. The van der Waals surface area contributed by atoms with Crippen LogP contribution in [-0.2, 0) is 0 Å². The molecule has 0 aromatic carbocycles. The van der Waals surface area contributed by atoms with E-state index in [2.05, 4.69) is 0 Å². The third-order valence-corrected chi connectivity index (χ3v) is 0. The Morgan fingerprint density at radius 3 is 1.00 bits per heavy atom. The molecule has 0 atom stereocenters. The van der Waals surface area contributed by atoms with Gasteiger partial charge in [-0.05, 0) is 0 Å². The van der Waals surface area contributed by atoms with Gasteiger partial charge in [0.1, 0.15) is 0 Å². The largest absolute Gasteiger partial charge is 0.379 e. The Bertz CT molecular complexity index is 11.6. The van der Waals surface area contributed by atoms with E-state index >= 15 is 0 Å². The van der Waals surface area contributed by atoms with Crippen LogP contribution in [0.4, 0.5) is 13.2 Å². The van der Waals surface area contributed by atoms with Gasteiger partial charge in [0.05, 0.1) is 8.41 Å². The zero-order valence-electron chi connectivity index (χ0n) is 1.71. The van der Waals surface area contributed by atoms with Crippen molar-refractivity contribution in [3.8, 4) is 0 Å². The zero-order chi connectivity index (χ0) is 3.58. The van der Waals surface area contributed by atoms with E-state index < -0.39 is 6.68 Å². The van der Waals surface area contributed by atoms with Crippen molar-refractivity contribution in [3.05, 3.63) is 0 Å². The maximum Gasteiger partial charge on any atom is 0.379 e. The van der Waals surface area contributed by atoms with E-state index in [4.69, 9.17) is 0 Å². The standard InChI is InChI=1S/CHF3.BH3/c2-1(3)4;/h1H;1H3. The van der Waals surface area contributed by atoms with Crippen LogP contribution >= 0.6 is 0 Å². The second-order valence-corrected chi connectivity index (χ2v) is 0.247. The first-order valence-corrected chi connectivity index (χ1v) is 0.655. The molecule has 0 saturated carbocycles. The van der Waals surface area contributed by atoms with Crippen LogP contribution in [0.2, 0.25) is 0 Å². The second kappa shape index (κ2) is 3.85. The molecular weight excluding hydrogens is 79.8 g/mol. The SMILES string of the molecule is B.FC(F)F. The molecule has 32 valence electrons. The molecule has 0 N–H and O–H groups in total. The summed E-state index contributed by atoms with van der Waals surface area (Å²) in [5, 5.41) is 0. The van der Waals surface area contributed by atoms with Gasteiger partial charge in [-0.2, -0.15) is 13.2 Å². The quantitative estimate of drug-likeness (QED) is 0.362. The Balaban J connectivity index is 0. The van der Waals surface area contributed by atoms with Crippen LogP contribution in [0.15, 0.2) is 0 Å². The minimum absolute atomic E-state index is 0. The lowest BCUT2D eigenvalue weighted by Crippen LogP contribution is -1.65. The molecule has 0 rings (SSSR count). The Labute approximate surface area is 29.6 Å². The van der Waals surface area contributed by atoms with Crippen LogP contribution in [0.1, 0.15) is 0 Å². The molecule has 4 heteroatoms. The molecule has 0 aliphatic rings. The Morgan fingerprint density at radius 2 is 1.00 bits per heavy atom. The lowest BCUT2D eigenvalue weighted by atomic mass is 10.8. The minimum atomic E-state index is -3.67. The highest BCUT2D eigenvalue weighted by Gasteiger charge is 1.86. The number of halogens is 3. The van der Waals surface area contributed by atoms with Gasteiger partial charge in [-0.25, -0.2) is 0 Å². The van der Waals surface area contributed by atoms with E-state index in [1.807, 2.05) is 0 Å². The molecule has 0 unspecified atom stereocenters. The van der Waals surface area contributed by atoms with Crippen LogP contribution in [0.5, 0.6) is 0 Å². The third kappa shape index (κ3) is 630. The second-order valence-electron chi connectivity index (χ2n) is 0.247. The number of rotatable bonds is 0. The lowest BCUT2D eigenvalue weighted by molar-refractivity contribution is 0.00819. The van der Waals surface area contributed by atoms with Gasteiger partial charge in [0.25, 0.3) is 0 Å². The van der Waals surface area contributed by atoms with Crippen LogP contribution < -0.4 is 0 Å². The molecule has 0 amide bonds. The molecule has 0 saturated heterocycles. The molecule has 0 aromatic rings. The third-order valence-electron chi connectivity index (χ3n) is 0. The van der Waals surface area contributed by atoms with Crippen molar-refractivity contribution in [2.45, 2.75) is 6.68 Å². The molecule has 0 aliphatic carbocycles. The summed E-state index contributed by atoms with van der Waals surface area (Å²) in [7, 11) is 0. The monoisotopic (exact) mass is 84.0 g/mol. The van der Waals surface area contributed by atoms with Crippen molar-refractivity contribution in [3.63, 3.8) is 0 Å². The van der Waals surface area contributed by atoms with Crippen molar-refractivity contribution in [2.75, 3.05) is 0 Å². The summed E-state index contributed by atoms with van der Waals surface area (Å²) in [5.74, 6) is 0. The van der Waals surface area contributed by atoms with Gasteiger partial charge in [-0.1, -0.05) is 0 Å². The first-order chi connectivity index (χ1) is 1.73. The summed E-state index contributed by atoms with van der Waals surface area (Å²) in [6.07, 6.45) is 0. The summed E-state index contributed by atoms with van der Waals surface area (Å²) >= 11 is 0. The normalized spacial score (nSPS) is 7.20. The molecule has 5 heavy (non-hydrogen) atoms. The summed E-state index contributed by atoms with van der Waals surface area (Å²) in [4.78, 5) is 0. The number of alkyl halides is 3. The highest BCUT2D eigenvalue weighted by Crippen LogP contribution is 1.87. The fourth-order valence-electron chi connectivity index (χ4n) is 0. The molecule has 0 aliphatic heterocycles. The average molecular weight is 83.8 g/mol. The van der Waals surface area contributed by atoms with Crippen molar-refractivity contribution >= 4 is 8.41 Å². The first kappa shape index (κ1) is 8.85. The van der Waals surface area contributed by atoms with E-state index in [0.717, 1.165) is 0 Å². The van der Waals surface area contributed by atoms with Crippen LogP contribution in [0.3, 0.4) is 0 Å². The molecule has 0 aromatic heterocycles. The summed E-state index contributed by atoms with van der Waals surface area (Å²) in [5.41, 5.74) is 0. The number of hydrogen-bond donors (Lipinski definition) is 0. The van der Waals surface area contributed by atoms with Crippen molar-refractivity contribution in [2.24, 2.45) is 0 Å². The Morgan fingerprint density at radius 1 is 1.00 bits per heavy atom. The fraction of sp³-hybridized carbons (Fsp3) is 1.00. The van der Waals surface area contributed by atoms with E-state index in [0.29, 0.717) is 0 Å². The molecular formula is CH4BF3. The number of hydrogen-bond acceptors (Lipinski definition) is 0. The van der Waals surface area contributed by atoms with E-state index in [9.17, 15) is 13.2 Å². The maximum atomic E-state index is 9.67. The van der Waals surface area contributed by atoms with E-state index in [1.54, 1.807) is 0 Å². The minimum Gasteiger partial charge on any atom is -0.174 e. The van der Waals surface area contributed by atoms with Crippen molar-refractivity contribution in [1.29, 1.82) is 0 Å². The van der Waals surface area contributed by atoms with Crippen molar-refractivity contribution < 1.29 is 13.2 Å². The summed E-state index contributed by atoms with van der Waals surface area (Å²) < 4.78 is 29.0. The van der Waals surface area contributed by atoms with Gasteiger partial charge >= 0.3 is 6.68 Å². The van der Waals surface area contributed by atoms with Gasteiger partial charge in [0, 0.05) is 0 Å². The van der Waals surface area contributed by atoms with Crippen molar-refractivity contribution in [1.82, 2.24) is 0 Å².